The Morgan fingerprint density at radius 3 is 2.91 bits per heavy atom. The predicted molar refractivity (Wildman–Crippen MR) is 85.1 cm³/mol. The molecule has 1 amide bonds. The average molecular weight is 331 g/mol. The van der Waals surface area contributed by atoms with Crippen molar-refractivity contribution in [3.8, 4) is 0 Å². The lowest BCUT2D eigenvalue weighted by Crippen LogP contribution is -2.70. The molecule has 3 aliphatic rings. The fourth-order valence-corrected chi connectivity index (χ4v) is 3.70. The largest absolute Gasteiger partial charge is 0.352 e. The first-order valence-corrected chi connectivity index (χ1v) is 8.72. The molecule has 8 nitrogen and oxygen atoms in total. The van der Waals surface area contributed by atoms with Gasteiger partial charge in [-0.1, -0.05) is 11.8 Å². The summed E-state index contributed by atoms with van der Waals surface area (Å²) in [5.41, 5.74) is 0. The minimum absolute atomic E-state index is 0.115. The van der Waals surface area contributed by atoms with Crippen molar-refractivity contribution in [2.45, 2.75) is 30.2 Å². The molecule has 2 bridgehead atoms. The summed E-state index contributed by atoms with van der Waals surface area (Å²) in [5.74, 6) is 1.06. The third-order valence-corrected chi connectivity index (χ3v) is 4.93. The van der Waals surface area contributed by atoms with Crippen LogP contribution in [0.15, 0.2) is 30.1 Å². The number of thioether (sulfide) groups is 1. The summed E-state index contributed by atoms with van der Waals surface area (Å²) in [6.45, 7) is 1.91. The maximum atomic E-state index is 12.4. The Hall–Kier alpha value is -2.16. The number of carbonyl (C=O) groups excluding carboxylic acids is 1. The number of piperidine rings is 1. The van der Waals surface area contributed by atoms with E-state index in [2.05, 4.69) is 25.0 Å². The number of amides is 1. The van der Waals surface area contributed by atoms with Crippen LogP contribution in [0.5, 0.6) is 0 Å². The number of aromatic nitrogens is 5. The van der Waals surface area contributed by atoms with E-state index in [9.17, 15) is 4.79 Å². The van der Waals surface area contributed by atoms with Gasteiger partial charge in [0.05, 0.1) is 12.1 Å². The molecule has 2 aromatic heterocycles. The molecular formula is C14H17N7OS. The van der Waals surface area contributed by atoms with Crippen LogP contribution in [-0.4, -0.2) is 67.0 Å². The molecule has 120 valence electrons. The molecule has 3 aliphatic heterocycles. The third-order valence-electron chi connectivity index (χ3n) is 4.37. The molecule has 0 saturated carbocycles. The summed E-state index contributed by atoms with van der Waals surface area (Å²) in [4.78, 5) is 29.3. The third kappa shape index (κ3) is 2.65. The SMILES string of the molecule is CSc1nccc(N2CC3CC(C2)N3C(=O)Cn2cncn2)n1. The van der Waals surface area contributed by atoms with Gasteiger partial charge >= 0.3 is 0 Å². The van der Waals surface area contributed by atoms with Crippen LogP contribution in [0.25, 0.3) is 0 Å². The Balaban J connectivity index is 1.42. The highest BCUT2D eigenvalue weighted by Crippen LogP contribution is 2.34. The summed E-state index contributed by atoms with van der Waals surface area (Å²) in [6.07, 6.45) is 7.86. The van der Waals surface area contributed by atoms with Gasteiger partial charge in [-0.25, -0.2) is 19.6 Å². The van der Waals surface area contributed by atoms with Crippen molar-refractivity contribution in [3.63, 3.8) is 0 Å². The van der Waals surface area contributed by atoms with Crippen molar-refractivity contribution in [1.82, 2.24) is 29.6 Å². The number of carbonyl (C=O) groups is 1. The first-order valence-electron chi connectivity index (χ1n) is 7.50. The van der Waals surface area contributed by atoms with Gasteiger partial charge in [-0.2, -0.15) is 5.10 Å². The molecule has 9 heteroatoms. The molecule has 2 unspecified atom stereocenters. The standard InChI is InChI=1S/C14H17N7OS/c1-23-14-16-3-2-12(18-14)19-5-10-4-11(6-19)21(10)13(22)7-20-9-15-8-17-20/h2-3,8-11H,4-7H2,1H3. The number of hydrogen-bond acceptors (Lipinski definition) is 7. The van der Waals surface area contributed by atoms with Gasteiger partial charge in [0.1, 0.15) is 25.0 Å². The van der Waals surface area contributed by atoms with Crippen molar-refractivity contribution in [2.24, 2.45) is 0 Å². The van der Waals surface area contributed by atoms with Crippen LogP contribution in [-0.2, 0) is 11.3 Å². The molecule has 3 fully saturated rings. The van der Waals surface area contributed by atoms with Gasteiger partial charge in [-0.05, 0) is 18.7 Å². The highest BCUT2D eigenvalue weighted by atomic mass is 32.2. The number of hydrogen-bond donors (Lipinski definition) is 0. The van der Waals surface area contributed by atoms with Crippen LogP contribution in [0.4, 0.5) is 5.82 Å². The van der Waals surface area contributed by atoms with E-state index in [-0.39, 0.29) is 24.5 Å². The minimum atomic E-state index is 0.115. The van der Waals surface area contributed by atoms with E-state index >= 15 is 0 Å². The van der Waals surface area contributed by atoms with E-state index in [1.165, 1.54) is 18.1 Å². The van der Waals surface area contributed by atoms with Crippen molar-refractivity contribution >= 4 is 23.5 Å². The summed E-state index contributed by atoms with van der Waals surface area (Å²) in [6, 6.07) is 2.46. The fraction of sp³-hybridized carbons (Fsp3) is 0.500. The molecule has 0 N–H and O–H groups in total. The molecule has 0 aromatic carbocycles. The van der Waals surface area contributed by atoms with Gasteiger partial charge in [0.15, 0.2) is 5.16 Å². The highest BCUT2D eigenvalue weighted by Gasteiger charge is 2.47. The van der Waals surface area contributed by atoms with Crippen molar-refractivity contribution in [2.75, 3.05) is 24.2 Å². The number of nitrogens with zero attached hydrogens (tertiary/aromatic N) is 7. The second-order valence-corrected chi connectivity index (χ2v) is 6.52. The molecule has 0 spiro atoms. The van der Waals surface area contributed by atoms with Gasteiger partial charge < -0.3 is 9.80 Å². The Labute approximate surface area is 137 Å². The molecule has 23 heavy (non-hydrogen) atoms. The molecule has 0 aliphatic carbocycles. The maximum absolute atomic E-state index is 12.4. The molecule has 0 radical (unpaired) electrons. The zero-order chi connectivity index (χ0) is 15.8. The normalized spacial score (nSPS) is 22.8. The van der Waals surface area contributed by atoms with Gasteiger partial charge in [0.2, 0.25) is 5.91 Å². The molecule has 2 atom stereocenters. The molecule has 5 heterocycles. The Bertz CT molecular complexity index is 695. The second kappa shape index (κ2) is 5.80. The quantitative estimate of drug-likeness (QED) is 0.588. The average Bonchev–Trinajstić information content (AvgIpc) is 3.07. The topological polar surface area (TPSA) is 80.0 Å². The zero-order valence-corrected chi connectivity index (χ0v) is 13.6. The van der Waals surface area contributed by atoms with E-state index in [4.69, 9.17) is 0 Å². The first-order chi connectivity index (χ1) is 11.2. The summed E-state index contributed by atoms with van der Waals surface area (Å²) in [7, 11) is 0. The predicted octanol–water partition coefficient (Wildman–Crippen LogP) is 0.280. The zero-order valence-electron chi connectivity index (χ0n) is 12.7. The Morgan fingerprint density at radius 2 is 2.22 bits per heavy atom. The van der Waals surface area contributed by atoms with Gasteiger partial charge in [0, 0.05) is 19.3 Å². The van der Waals surface area contributed by atoms with Gasteiger partial charge in [-0.15, -0.1) is 0 Å². The Morgan fingerprint density at radius 1 is 1.39 bits per heavy atom. The summed E-state index contributed by atoms with van der Waals surface area (Å²) >= 11 is 1.54. The van der Waals surface area contributed by atoms with E-state index in [0.717, 1.165) is 30.5 Å². The number of piperazine rings is 1. The Kier molecular flexibility index (Phi) is 3.64. The van der Waals surface area contributed by atoms with E-state index < -0.39 is 0 Å². The van der Waals surface area contributed by atoms with E-state index in [0.29, 0.717) is 0 Å². The van der Waals surface area contributed by atoms with Gasteiger partial charge in [0.25, 0.3) is 0 Å². The molecule has 3 saturated heterocycles. The van der Waals surface area contributed by atoms with Crippen molar-refractivity contribution in [1.29, 1.82) is 0 Å². The number of anilines is 1. The van der Waals surface area contributed by atoms with Crippen LogP contribution in [0.1, 0.15) is 6.42 Å². The molecule has 2 aromatic rings. The fourth-order valence-electron chi connectivity index (χ4n) is 3.34. The first kappa shape index (κ1) is 14.4. The van der Waals surface area contributed by atoms with E-state index in [1.807, 2.05) is 17.2 Å². The lowest BCUT2D eigenvalue weighted by molar-refractivity contribution is -0.147. The second-order valence-electron chi connectivity index (χ2n) is 5.74. The minimum Gasteiger partial charge on any atom is -0.352 e. The van der Waals surface area contributed by atoms with Crippen LogP contribution in [0.2, 0.25) is 0 Å². The van der Waals surface area contributed by atoms with Crippen LogP contribution in [0, 0.1) is 0 Å². The number of fused-ring (bicyclic) bond motifs is 2. The van der Waals surface area contributed by atoms with Crippen LogP contribution < -0.4 is 4.90 Å². The maximum Gasteiger partial charge on any atom is 0.244 e. The lowest BCUT2D eigenvalue weighted by atomic mass is 9.87. The summed E-state index contributed by atoms with van der Waals surface area (Å²) in [5, 5.41) is 4.78. The smallest absolute Gasteiger partial charge is 0.244 e. The highest BCUT2D eigenvalue weighted by molar-refractivity contribution is 7.98. The summed E-state index contributed by atoms with van der Waals surface area (Å²) < 4.78 is 1.57. The monoisotopic (exact) mass is 331 g/mol. The van der Waals surface area contributed by atoms with Crippen LogP contribution >= 0.6 is 11.8 Å². The van der Waals surface area contributed by atoms with Crippen LogP contribution in [0.3, 0.4) is 0 Å². The molecule has 5 rings (SSSR count). The van der Waals surface area contributed by atoms with Crippen molar-refractivity contribution in [3.05, 3.63) is 24.9 Å². The molecular weight excluding hydrogens is 314 g/mol. The van der Waals surface area contributed by atoms with E-state index in [1.54, 1.807) is 17.2 Å². The number of rotatable bonds is 4. The lowest BCUT2D eigenvalue weighted by Gasteiger charge is -2.56. The van der Waals surface area contributed by atoms with Gasteiger partial charge in [-0.3, -0.25) is 4.79 Å². The van der Waals surface area contributed by atoms with Crippen molar-refractivity contribution < 1.29 is 4.79 Å².